The molecular weight excluding hydrogens is 341 g/mol. The number of likely N-dealkylation sites (tertiary alicyclic amines) is 1. The van der Waals surface area contributed by atoms with E-state index in [9.17, 15) is 9.18 Å². The van der Waals surface area contributed by atoms with E-state index in [-0.39, 0.29) is 17.8 Å². The average Bonchev–Trinajstić information content (AvgIpc) is 3.18. The van der Waals surface area contributed by atoms with Crippen LogP contribution in [0.5, 0.6) is 0 Å². The van der Waals surface area contributed by atoms with Gasteiger partial charge in [-0.25, -0.2) is 4.39 Å². The lowest BCUT2D eigenvalue weighted by atomic mass is 10.1. The van der Waals surface area contributed by atoms with E-state index < -0.39 is 0 Å². The van der Waals surface area contributed by atoms with Crippen LogP contribution >= 0.6 is 0 Å². The van der Waals surface area contributed by atoms with Crippen molar-refractivity contribution in [3.63, 3.8) is 0 Å². The normalized spacial score (nSPS) is 16.5. The fourth-order valence-corrected chi connectivity index (χ4v) is 3.62. The molecule has 1 aliphatic rings. The Bertz CT molecular complexity index is 945. The van der Waals surface area contributed by atoms with Crippen LogP contribution in [0, 0.1) is 5.82 Å². The van der Waals surface area contributed by atoms with Gasteiger partial charge in [-0.3, -0.25) is 14.8 Å². The number of carbonyl (C=O) groups is 1. The molecule has 0 radical (unpaired) electrons. The lowest BCUT2D eigenvalue weighted by Gasteiger charge is -2.24. The molecule has 1 saturated heterocycles. The second-order valence-electron chi connectivity index (χ2n) is 6.75. The molecule has 0 N–H and O–H groups in total. The lowest BCUT2D eigenvalue weighted by Crippen LogP contribution is -2.31. The summed E-state index contributed by atoms with van der Waals surface area (Å²) in [7, 11) is 0. The number of amides is 1. The van der Waals surface area contributed by atoms with Gasteiger partial charge in [0.15, 0.2) is 0 Å². The van der Waals surface area contributed by atoms with E-state index in [1.807, 2.05) is 29.2 Å². The monoisotopic (exact) mass is 361 g/mol. The molecule has 0 spiro atoms. The second-order valence-corrected chi connectivity index (χ2v) is 6.75. The molecule has 0 bridgehead atoms. The van der Waals surface area contributed by atoms with Crippen molar-refractivity contribution < 1.29 is 9.18 Å². The van der Waals surface area contributed by atoms with Gasteiger partial charge in [-0.2, -0.15) is 0 Å². The summed E-state index contributed by atoms with van der Waals surface area (Å²) >= 11 is 0. The zero-order valence-electron chi connectivity index (χ0n) is 14.9. The van der Waals surface area contributed by atoms with Crippen LogP contribution in [-0.4, -0.2) is 27.3 Å². The summed E-state index contributed by atoms with van der Waals surface area (Å²) in [6, 6.07) is 15.9. The number of aromatic nitrogens is 2. The van der Waals surface area contributed by atoms with Crippen molar-refractivity contribution in [2.24, 2.45) is 0 Å². The van der Waals surface area contributed by atoms with Gasteiger partial charge in [-0.05, 0) is 54.8 Å². The Kier molecular flexibility index (Phi) is 4.92. The molecule has 3 heterocycles. The molecule has 1 amide bonds. The van der Waals surface area contributed by atoms with Crippen LogP contribution in [0.3, 0.4) is 0 Å². The van der Waals surface area contributed by atoms with E-state index >= 15 is 0 Å². The van der Waals surface area contributed by atoms with Crippen molar-refractivity contribution in [3.8, 4) is 0 Å². The molecule has 0 aliphatic carbocycles. The summed E-state index contributed by atoms with van der Waals surface area (Å²) < 4.78 is 13.4. The van der Waals surface area contributed by atoms with Crippen LogP contribution in [0.15, 0.2) is 67.0 Å². The van der Waals surface area contributed by atoms with Gasteiger partial charge in [-0.1, -0.05) is 18.2 Å². The predicted octanol–water partition coefficient (Wildman–Crippen LogP) is 4.18. The van der Waals surface area contributed by atoms with Crippen molar-refractivity contribution in [2.45, 2.75) is 25.3 Å². The highest BCUT2D eigenvalue weighted by Crippen LogP contribution is 2.32. The molecule has 4 nitrogen and oxygen atoms in total. The van der Waals surface area contributed by atoms with Crippen LogP contribution in [0.4, 0.5) is 4.39 Å². The molecular formula is C22H20FN3O. The summed E-state index contributed by atoms with van der Waals surface area (Å²) in [4.78, 5) is 23.5. The first kappa shape index (κ1) is 17.3. The molecule has 1 atom stereocenters. The number of rotatable bonds is 4. The Hall–Kier alpha value is -3.08. The van der Waals surface area contributed by atoms with Crippen molar-refractivity contribution >= 4 is 5.91 Å². The second kappa shape index (κ2) is 7.66. The van der Waals surface area contributed by atoms with Gasteiger partial charge in [0.05, 0.1) is 11.7 Å². The number of halogens is 1. The van der Waals surface area contributed by atoms with E-state index in [1.165, 1.54) is 12.1 Å². The average molecular weight is 361 g/mol. The minimum absolute atomic E-state index is 0.0113. The highest BCUT2D eigenvalue weighted by atomic mass is 19.1. The van der Waals surface area contributed by atoms with Gasteiger partial charge in [0.25, 0.3) is 5.91 Å². The first-order chi connectivity index (χ1) is 13.2. The van der Waals surface area contributed by atoms with Crippen LogP contribution in [0.1, 0.15) is 46.2 Å². The summed E-state index contributed by atoms with van der Waals surface area (Å²) in [6.07, 6.45) is 5.69. The highest BCUT2D eigenvalue weighted by molar-refractivity contribution is 5.94. The van der Waals surface area contributed by atoms with Crippen molar-refractivity contribution in [1.29, 1.82) is 0 Å². The lowest BCUT2D eigenvalue weighted by molar-refractivity contribution is 0.0732. The Morgan fingerprint density at radius 3 is 2.74 bits per heavy atom. The highest BCUT2D eigenvalue weighted by Gasteiger charge is 2.31. The molecule has 3 aromatic rings. The Labute approximate surface area is 157 Å². The molecule has 5 heteroatoms. The van der Waals surface area contributed by atoms with Gasteiger partial charge in [-0.15, -0.1) is 0 Å². The third kappa shape index (κ3) is 3.87. The van der Waals surface area contributed by atoms with Crippen LogP contribution in [0.25, 0.3) is 0 Å². The number of carbonyl (C=O) groups excluding carboxylic acids is 1. The maximum Gasteiger partial charge on any atom is 0.254 e. The fraction of sp³-hybridized carbons (Fsp3) is 0.227. The fourth-order valence-electron chi connectivity index (χ4n) is 3.62. The maximum absolute atomic E-state index is 13.4. The Morgan fingerprint density at radius 2 is 1.93 bits per heavy atom. The Balaban J connectivity index is 1.56. The van der Waals surface area contributed by atoms with Gasteiger partial charge in [0, 0.05) is 36.6 Å². The molecule has 4 rings (SSSR count). The summed E-state index contributed by atoms with van der Waals surface area (Å²) in [5.41, 5.74) is 3.30. The van der Waals surface area contributed by atoms with Crippen LogP contribution in [0.2, 0.25) is 0 Å². The third-order valence-corrected chi connectivity index (χ3v) is 4.88. The summed E-state index contributed by atoms with van der Waals surface area (Å²) in [5, 5.41) is 0. The SMILES string of the molecule is O=C(c1ccncc1)N1CCC[C@H]1c1cccc(Cc2cccc(F)c2)n1. The molecule has 0 saturated carbocycles. The summed E-state index contributed by atoms with van der Waals surface area (Å²) in [6.45, 7) is 0.724. The molecule has 1 fully saturated rings. The third-order valence-electron chi connectivity index (χ3n) is 4.88. The number of nitrogens with zero attached hydrogens (tertiary/aromatic N) is 3. The quantitative estimate of drug-likeness (QED) is 0.700. The largest absolute Gasteiger partial charge is 0.330 e. The van der Waals surface area contributed by atoms with E-state index in [4.69, 9.17) is 4.98 Å². The number of hydrogen-bond donors (Lipinski definition) is 0. The standard InChI is InChI=1S/C22H20FN3O/c23-18-5-1-4-16(14-18)15-19-6-2-7-20(25-19)21-8-3-13-26(21)22(27)17-9-11-24-12-10-17/h1-2,4-7,9-12,14,21H,3,8,13,15H2/t21-/m0/s1. The van der Waals surface area contributed by atoms with Crippen molar-refractivity contribution in [1.82, 2.24) is 14.9 Å². The smallest absolute Gasteiger partial charge is 0.254 e. The molecule has 1 aromatic carbocycles. The first-order valence-corrected chi connectivity index (χ1v) is 9.12. The minimum Gasteiger partial charge on any atom is -0.330 e. The Morgan fingerprint density at radius 1 is 1.11 bits per heavy atom. The number of hydrogen-bond acceptors (Lipinski definition) is 3. The molecule has 0 unspecified atom stereocenters. The molecule has 1 aliphatic heterocycles. The van der Waals surface area contributed by atoms with Gasteiger partial charge in [0.2, 0.25) is 0 Å². The van der Waals surface area contributed by atoms with Crippen LogP contribution < -0.4 is 0 Å². The molecule has 27 heavy (non-hydrogen) atoms. The number of benzene rings is 1. The van der Waals surface area contributed by atoms with Crippen molar-refractivity contribution in [2.75, 3.05) is 6.54 Å². The maximum atomic E-state index is 13.4. The van der Waals surface area contributed by atoms with Crippen LogP contribution in [-0.2, 0) is 6.42 Å². The molecule has 136 valence electrons. The van der Waals surface area contributed by atoms with E-state index in [2.05, 4.69) is 4.98 Å². The topological polar surface area (TPSA) is 46.1 Å². The van der Waals surface area contributed by atoms with E-state index in [0.717, 1.165) is 36.3 Å². The zero-order chi connectivity index (χ0) is 18.6. The van der Waals surface area contributed by atoms with E-state index in [1.54, 1.807) is 30.6 Å². The first-order valence-electron chi connectivity index (χ1n) is 9.12. The van der Waals surface area contributed by atoms with E-state index in [0.29, 0.717) is 12.0 Å². The van der Waals surface area contributed by atoms with Gasteiger partial charge in [0.1, 0.15) is 5.82 Å². The van der Waals surface area contributed by atoms with Gasteiger partial charge >= 0.3 is 0 Å². The van der Waals surface area contributed by atoms with Gasteiger partial charge < -0.3 is 4.90 Å². The zero-order valence-corrected chi connectivity index (χ0v) is 14.9. The minimum atomic E-state index is -0.242. The predicted molar refractivity (Wildman–Crippen MR) is 101 cm³/mol. The molecule has 2 aromatic heterocycles. The number of pyridine rings is 2. The van der Waals surface area contributed by atoms with Crippen molar-refractivity contribution in [3.05, 3.63) is 95.3 Å². The summed E-state index contributed by atoms with van der Waals surface area (Å²) in [5.74, 6) is -0.231.